The third-order valence-electron chi connectivity index (χ3n) is 20.3. The van der Waals surface area contributed by atoms with Crippen LogP contribution in [0.15, 0.2) is 121 Å². The first-order valence-corrected chi connectivity index (χ1v) is 30.8. The molecule has 12 nitrogen and oxygen atoms in total. The molecule has 434 valence electrons. The lowest BCUT2D eigenvalue weighted by molar-refractivity contribution is -0.182. The zero-order valence-corrected chi connectivity index (χ0v) is 48.0. The summed E-state index contributed by atoms with van der Waals surface area (Å²) in [5.41, 5.74) is 12.7. The molecule has 9 aliphatic rings. The molecule has 6 heterocycles. The second kappa shape index (κ2) is 22.7. The largest absolute Gasteiger partial charge is 0.508 e. The van der Waals surface area contributed by atoms with Gasteiger partial charge in [-0.05, 0) is 156 Å². The van der Waals surface area contributed by atoms with Crippen molar-refractivity contribution in [1.29, 1.82) is 0 Å². The lowest BCUT2D eigenvalue weighted by atomic mass is 9.46. The zero-order valence-electron chi connectivity index (χ0n) is 48.0. The summed E-state index contributed by atoms with van der Waals surface area (Å²) < 4.78 is 29.3. The lowest BCUT2D eigenvalue weighted by Gasteiger charge is -2.62. The molecule has 1 saturated carbocycles. The molecule has 84 heavy (non-hydrogen) atoms. The minimum Gasteiger partial charge on any atom is -0.508 e. The van der Waals surface area contributed by atoms with E-state index in [-0.39, 0.29) is 84.0 Å². The van der Waals surface area contributed by atoms with Crippen LogP contribution in [0.1, 0.15) is 132 Å². The molecule has 0 amide bonds. The number of benzene rings is 5. The summed E-state index contributed by atoms with van der Waals surface area (Å²) in [7, 11) is 1.68. The predicted octanol–water partition coefficient (Wildman–Crippen LogP) is 11.6. The van der Waals surface area contributed by atoms with E-state index in [0.717, 1.165) is 112 Å². The maximum atomic E-state index is 12.3. The molecule has 1 spiro atoms. The van der Waals surface area contributed by atoms with Crippen LogP contribution >= 0.6 is 0 Å². The highest BCUT2D eigenvalue weighted by atomic mass is 16.5. The molecule has 1 unspecified atom stereocenters. The molecular weight excluding hydrogens is 1050 g/mol. The molecule has 8 bridgehead atoms. The summed E-state index contributed by atoms with van der Waals surface area (Å²) in [6, 6.07) is 26.5. The fraction of sp³-hybridized carbons (Fsp3) is 0.417. The van der Waals surface area contributed by atoms with E-state index < -0.39 is 6.10 Å². The fourth-order valence-electron chi connectivity index (χ4n) is 16.2. The Balaban J connectivity index is 0.922. The van der Waals surface area contributed by atoms with Crippen LogP contribution in [0, 0.1) is 35.5 Å². The number of nitrogens with zero attached hydrogens (tertiary/aromatic N) is 1. The average molecular weight is 1130 g/mol. The van der Waals surface area contributed by atoms with Gasteiger partial charge in [-0.3, -0.25) is 5.32 Å². The van der Waals surface area contributed by atoms with Crippen molar-refractivity contribution in [2.24, 2.45) is 23.7 Å². The number of aliphatic hydroxyl groups excluding tert-OH is 2. The van der Waals surface area contributed by atoms with E-state index >= 15 is 0 Å². The van der Waals surface area contributed by atoms with Crippen molar-refractivity contribution in [3.8, 4) is 34.8 Å². The van der Waals surface area contributed by atoms with Gasteiger partial charge in [-0.1, -0.05) is 104 Å². The maximum Gasteiger partial charge on any atom is 0.168 e. The molecule has 5 aromatic carbocycles. The van der Waals surface area contributed by atoms with Crippen LogP contribution in [0.2, 0.25) is 0 Å². The van der Waals surface area contributed by atoms with Gasteiger partial charge in [0.2, 0.25) is 0 Å². The molecule has 1 aromatic heterocycles. The van der Waals surface area contributed by atoms with Gasteiger partial charge in [-0.15, -0.1) is 0 Å². The lowest BCUT2D eigenvalue weighted by Crippen LogP contribution is -2.63. The Hall–Kier alpha value is -7.08. The number of aromatic nitrogens is 1. The van der Waals surface area contributed by atoms with Crippen LogP contribution in [-0.4, -0.2) is 81.1 Å². The van der Waals surface area contributed by atoms with Crippen molar-refractivity contribution in [3.63, 3.8) is 0 Å². The Labute approximate surface area is 492 Å². The van der Waals surface area contributed by atoms with E-state index in [1.807, 2.05) is 30.4 Å². The van der Waals surface area contributed by atoms with E-state index in [1.54, 1.807) is 31.4 Å². The first kappa shape index (κ1) is 54.8. The van der Waals surface area contributed by atoms with E-state index in [1.165, 1.54) is 41.5 Å². The number of fused-ring (bicyclic) bond motifs is 3. The molecule has 12 heteroatoms. The Morgan fingerprint density at radius 3 is 2.62 bits per heavy atom. The van der Waals surface area contributed by atoms with Crippen molar-refractivity contribution in [1.82, 2.24) is 15.2 Å². The van der Waals surface area contributed by atoms with Crippen LogP contribution in [0.3, 0.4) is 0 Å². The highest BCUT2D eigenvalue weighted by Crippen LogP contribution is 2.64. The Kier molecular flexibility index (Phi) is 14.8. The van der Waals surface area contributed by atoms with Crippen LogP contribution in [0.25, 0.3) is 28.7 Å². The summed E-state index contributed by atoms with van der Waals surface area (Å²) in [5, 5.41) is 65.7. The zero-order chi connectivity index (χ0) is 57.1. The van der Waals surface area contributed by atoms with Crippen molar-refractivity contribution in [2.75, 3.05) is 27.1 Å². The molecule has 7 N–H and O–H groups in total. The highest BCUT2D eigenvalue weighted by molar-refractivity contribution is 5.89. The minimum atomic E-state index is -0.765. The molecule has 4 aliphatic carbocycles. The topological polar surface area (TPSA) is 167 Å². The number of aryl methyl sites for hydroxylation is 2. The molecule has 2 fully saturated rings. The maximum absolute atomic E-state index is 12.3. The molecular formula is C72H77N3O9. The average Bonchev–Trinajstić information content (AvgIpc) is 0.984. The first-order valence-electron chi connectivity index (χ1n) is 30.8. The Bertz CT molecular complexity index is 3720. The van der Waals surface area contributed by atoms with Crippen molar-refractivity contribution < 1.29 is 44.5 Å². The molecule has 0 radical (unpaired) electrons. The second-order valence-electron chi connectivity index (χ2n) is 25.1. The third kappa shape index (κ3) is 9.94. The number of hydrogen-bond donors (Lipinski definition) is 7. The van der Waals surface area contributed by atoms with Crippen molar-refractivity contribution in [3.05, 3.63) is 182 Å². The molecule has 6 aromatic rings. The third-order valence-corrected chi connectivity index (χ3v) is 20.3. The number of ether oxygens (including phenoxy) is 4. The van der Waals surface area contributed by atoms with E-state index in [9.17, 15) is 25.5 Å². The number of nitrogens with one attached hydrogen (secondary N) is 2. The van der Waals surface area contributed by atoms with Gasteiger partial charge >= 0.3 is 0 Å². The quantitative estimate of drug-likeness (QED) is 0.0515. The SMILES string of the molecule is COCNC1C=C2C#C[C@@H](CCc3ccc(O)c(Cc4cccc(O)c4)c3)CCC[C@H]3C[C@H](O)[C@@H]4C=Cc5c(c(CO)cc(O)c5OCc5cc([C@@]67c8c9cccc8CC[C@H]6C6(CCCCC6)OC[C@H]7C=C9)cc6cn(cc56)C(=C2CO3)N1)C4. The summed E-state index contributed by atoms with van der Waals surface area (Å²) in [6.07, 6.45) is 27.0. The van der Waals surface area contributed by atoms with Gasteiger partial charge in [-0.2, -0.15) is 0 Å². The number of rotatable bonds is 10. The Morgan fingerprint density at radius 1 is 0.857 bits per heavy atom. The van der Waals surface area contributed by atoms with Crippen molar-refractivity contribution in [2.45, 2.75) is 139 Å². The second-order valence-corrected chi connectivity index (χ2v) is 25.1. The number of aliphatic hydroxyl groups is 2. The molecule has 1 saturated heterocycles. The minimum absolute atomic E-state index is 0.0250. The number of hydrogen-bond acceptors (Lipinski definition) is 11. The number of phenolic OH excluding ortho intramolecular Hbond substituents is 3. The van der Waals surface area contributed by atoms with Gasteiger partial charge < -0.3 is 54.4 Å². The smallest absolute Gasteiger partial charge is 0.168 e. The van der Waals surface area contributed by atoms with E-state index in [4.69, 9.17) is 18.9 Å². The van der Waals surface area contributed by atoms with Crippen LogP contribution < -0.4 is 15.4 Å². The van der Waals surface area contributed by atoms with Gasteiger partial charge in [0.05, 0.1) is 44.4 Å². The van der Waals surface area contributed by atoms with Gasteiger partial charge in [0.25, 0.3) is 0 Å². The standard InChI is InChI=1S/C72H77N3O9/c1-81-43-73-67-35-49-18-16-44(14-15-45-17-24-63(78)51(28-45)29-46-9-5-12-57(77)30-46)8-6-13-58-36-64(79)50-20-23-59-60(33-50)53(39-76)34-65(80)69(59)83-40-54-32-56(31-52-37-75(38-61(52)54)70(74-67)62(49)42-82-58)72-55-22-19-47-10-7-11-48(68(47)72)21-25-66(72)71(84-41-55)26-3-2-4-27-71/h5,7,9-12,17,19-20,22-24,28,30-32,34-35,37-38,44,50,55,58,64,66-67,73-74,76-80H,2-4,6,8,13-15,21,25-27,29,33,36,39-43H2,1H3/t44-,50-,55-,58+,64+,66+,67?,72-/m1/s1. The highest BCUT2D eigenvalue weighted by Gasteiger charge is 2.62. The van der Waals surface area contributed by atoms with Crippen LogP contribution in [-0.2, 0) is 58.5 Å². The van der Waals surface area contributed by atoms with Crippen LogP contribution in [0.4, 0.5) is 0 Å². The van der Waals surface area contributed by atoms with Gasteiger partial charge in [0.1, 0.15) is 30.1 Å². The van der Waals surface area contributed by atoms with Gasteiger partial charge in [-0.25, -0.2) is 0 Å². The van der Waals surface area contributed by atoms with E-state index in [0.29, 0.717) is 50.3 Å². The monoisotopic (exact) mass is 1130 g/mol. The van der Waals surface area contributed by atoms with Crippen LogP contribution in [0.5, 0.6) is 23.0 Å². The first-order chi connectivity index (χ1) is 41.1. The van der Waals surface area contributed by atoms with Gasteiger partial charge in [0.15, 0.2) is 11.5 Å². The Morgan fingerprint density at radius 2 is 1.75 bits per heavy atom. The number of methoxy groups -OCH3 is 1. The summed E-state index contributed by atoms with van der Waals surface area (Å²) in [5.74, 6) is 9.25. The number of aromatic hydroxyl groups is 3. The van der Waals surface area contributed by atoms with Gasteiger partial charge in [0, 0.05) is 88.9 Å². The molecule has 5 aliphatic heterocycles. The predicted molar refractivity (Wildman–Crippen MR) is 326 cm³/mol. The normalized spacial score (nSPS) is 26.6. The number of dihydropyridines is 1. The molecule has 8 atom stereocenters. The van der Waals surface area contributed by atoms with E-state index in [2.05, 4.69) is 94.1 Å². The fourth-order valence-corrected chi connectivity index (χ4v) is 16.2. The molecule has 15 rings (SSSR count). The summed E-state index contributed by atoms with van der Waals surface area (Å²) in [4.78, 5) is 0. The number of phenols is 3. The summed E-state index contributed by atoms with van der Waals surface area (Å²) in [6.45, 7) is 1.09. The van der Waals surface area contributed by atoms with Crippen molar-refractivity contribution >= 4 is 28.7 Å². The summed E-state index contributed by atoms with van der Waals surface area (Å²) >= 11 is 0.